The summed E-state index contributed by atoms with van der Waals surface area (Å²) in [7, 11) is 3.60. The number of nitriles is 1. The molecular weight excluding hydrogens is 403 g/mol. The Labute approximate surface area is 160 Å². The highest BCUT2D eigenvalue weighted by molar-refractivity contribution is 9.10. The van der Waals surface area contributed by atoms with Crippen molar-refractivity contribution in [2.75, 3.05) is 32.6 Å². The van der Waals surface area contributed by atoms with E-state index in [1.165, 1.54) is 0 Å². The number of ether oxygens (including phenoxy) is 1. The second-order valence-corrected chi connectivity index (χ2v) is 7.43. The molecule has 3 atom stereocenters. The maximum Gasteiger partial charge on any atom is 0.204 e. The highest BCUT2D eigenvalue weighted by atomic mass is 79.9. The lowest BCUT2D eigenvalue weighted by molar-refractivity contribution is 0.0680. The molecule has 0 saturated heterocycles. The van der Waals surface area contributed by atoms with Gasteiger partial charge in [-0.2, -0.15) is 5.26 Å². The van der Waals surface area contributed by atoms with Gasteiger partial charge >= 0.3 is 0 Å². The molecule has 0 radical (unpaired) electrons. The van der Waals surface area contributed by atoms with E-state index in [2.05, 4.69) is 26.2 Å². The molecule has 1 fully saturated rings. The summed E-state index contributed by atoms with van der Waals surface area (Å²) in [5.74, 6) is 0.884. The van der Waals surface area contributed by atoms with Crippen LogP contribution in [-0.2, 0) is 4.74 Å². The van der Waals surface area contributed by atoms with Crippen LogP contribution in [0.3, 0.4) is 0 Å². The molecule has 1 unspecified atom stereocenters. The Kier molecular flexibility index (Phi) is 6.12. The first-order valence-electron chi connectivity index (χ1n) is 8.61. The summed E-state index contributed by atoms with van der Waals surface area (Å²) in [6.07, 6.45) is 2.76. The second kappa shape index (κ2) is 8.33. The van der Waals surface area contributed by atoms with Gasteiger partial charge in [0.15, 0.2) is 5.58 Å². The molecular formula is C18H22BrFN4O2. The van der Waals surface area contributed by atoms with Gasteiger partial charge in [-0.25, -0.2) is 9.37 Å². The van der Waals surface area contributed by atoms with Crippen molar-refractivity contribution in [1.29, 1.82) is 5.26 Å². The average Bonchev–Trinajstić information content (AvgIpc) is 3.06. The lowest BCUT2D eigenvalue weighted by atomic mass is 9.88. The van der Waals surface area contributed by atoms with Gasteiger partial charge in [-0.1, -0.05) is 0 Å². The number of nitrogens with one attached hydrogen (secondary N) is 1. The zero-order valence-electron chi connectivity index (χ0n) is 14.8. The third-order valence-corrected chi connectivity index (χ3v) is 5.72. The summed E-state index contributed by atoms with van der Waals surface area (Å²) in [4.78, 5) is 6.40. The molecule has 2 aromatic rings. The van der Waals surface area contributed by atoms with E-state index in [-0.39, 0.29) is 17.8 Å². The molecule has 0 aliphatic heterocycles. The number of furan rings is 1. The van der Waals surface area contributed by atoms with Crippen LogP contribution in [0.5, 0.6) is 0 Å². The van der Waals surface area contributed by atoms with Crippen LogP contribution in [0, 0.1) is 11.3 Å². The van der Waals surface area contributed by atoms with Crippen molar-refractivity contribution >= 4 is 32.7 Å². The monoisotopic (exact) mass is 424 g/mol. The zero-order valence-corrected chi connectivity index (χ0v) is 16.4. The third-order valence-electron chi connectivity index (χ3n) is 4.92. The molecule has 1 saturated carbocycles. The summed E-state index contributed by atoms with van der Waals surface area (Å²) in [6, 6.07) is 3.59. The average molecular weight is 425 g/mol. The normalized spacial score (nSPS) is 23.3. The molecule has 8 heteroatoms. The number of aromatic nitrogens is 1. The Bertz CT molecular complexity index is 806. The van der Waals surface area contributed by atoms with Crippen molar-refractivity contribution in [3.8, 4) is 6.07 Å². The zero-order chi connectivity index (χ0) is 18.7. The predicted molar refractivity (Wildman–Crippen MR) is 101 cm³/mol. The SMILES string of the molecule is COCCN(C)[C@@H]1CC[C@@H](Nc2ncc3oc(C#N)cc3c2Br)CC1F. The van der Waals surface area contributed by atoms with Crippen LogP contribution in [0.15, 0.2) is 21.2 Å². The fourth-order valence-electron chi connectivity index (χ4n) is 3.46. The van der Waals surface area contributed by atoms with Gasteiger partial charge in [-0.3, -0.25) is 4.90 Å². The summed E-state index contributed by atoms with van der Waals surface area (Å²) in [5.41, 5.74) is 0.547. The molecule has 140 valence electrons. The minimum absolute atomic E-state index is 0.0145. The van der Waals surface area contributed by atoms with E-state index in [0.29, 0.717) is 24.4 Å². The third kappa shape index (κ3) is 4.00. The first-order valence-corrected chi connectivity index (χ1v) is 9.40. The van der Waals surface area contributed by atoms with Crippen molar-refractivity contribution in [1.82, 2.24) is 9.88 Å². The second-order valence-electron chi connectivity index (χ2n) is 6.63. The quantitative estimate of drug-likeness (QED) is 0.761. The topological polar surface area (TPSA) is 74.3 Å². The van der Waals surface area contributed by atoms with Gasteiger partial charge in [-0.05, 0) is 35.8 Å². The number of pyridine rings is 1. The molecule has 0 aromatic carbocycles. The number of hydrogen-bond acceptors (Lipinski definition) is 6. The summed E-state index contributed by atoms with van der Waals surface area (Å²) in [6.45, 7) is 1.33. The molecule has 0 amide bonds. The highest BCUT2D eigenvalue weighted by Gasteiger charge is 2.33. The molecule has 0 bridgehead atoms. The highest BCUT2D eigenvalue weighted by Crippen LogP contribution is 2.34. The molecule has 1 N–H and O–H groups in total. The minimum atomic E-state index is -0.898. The van der Waals surface area contributed by atoms with Crippen LogP contribution in [0.25, 0.3) is 11.0 Å². The van der Waals surface area contributed by atoms with Gasteiger partial charge in [0.1, 0.15) is 18.1 Å². The number of alkyl halides is 1. The van der Waals surface area contributed by atoms with Crippen LogP contribution < -0.4 is 5.32 Å². The Morgan fingerprint density at radius 2 is 2.35 bits per heavy atom. The van der Waals surface area contributed by atoms with Crippen molar-refractivity contribution in [2.45, 2.75) is 37.5 Å². The molecule has 0 spiro atoms. The van der Waals surface area contributed by atoms with Gasteiger partial charge in [0.05, 0.1) is 17.3 Å². The van der Waals surface area contributed by atoms with Crippen molar-refractivity contribution < 1.29 is 13.5 Å². The van der Waals surface area contributed by atoms with E-state index < -0.39 is 6.17 Å². The fraction of sp³-hybridized carbons (Fsp3) is 0.556. The lowest BCUT2D eigenvalue weighted by Crippen LogP contribution is -2.47. The largest absolute Gasteiger partial charge is 0.444 e. The first-order chi connectivity index (χ1) is 12.5. The number of likely N-dealkylation sites (N-methyl/N-ethyl adjacent to an activating group) is 1. The molecule has 26 heavy (non-hydrogen) atoms. The van der Waals surface area contributed by atoms with E-state index in [1.54, 1.807) is 19.4 Å². The number of methoxy groups -OCH3 is 1. The van der Waals surface area contributed by atoms with E-state index in [4.69, 9.17) is 14.4 Å². The Morgan fingerprint density at radius 3 is 3.04 bits per heavy atom. The van der Waals surface area contributed by atoms with Crippen molar-refractivity contribution in [3.63, 3.8) is 0 Å². The number of fused-ring (bicyclic) bond motifs is 1. The van der Waals surface area contributed by atoms with Gasteiger partial charge in [0.2, 0.25) is 5.76 Å². The van der Waals surface area contributed by atoms with Gasteiger partial charge < -0.3 is 14.5 Å². The van der Waals surface area contributed by atoms with Crippen LogP contribution in [-0.4, -0.2) is 55.4 Å². The maximum absolute atomic E-state index is 14.7. The molecule has 1 aliphatic rings. The van der Waals surface area contributed by atoms with E-state index >= 15 is 0 Å². The van der Waals surface area contributed by atoms with E-state index in [1.807, 2.05) is 18.0 Å². The number of nitrogens with zero attached hydrogens (tertiary/aromatic N) is 3. The van der Waals surface area contributed by atoms with Gasteiger partial charge in [0, 0.05) is 43.6 Å². The smallest absolute Gasteiger partial charge is 0.204 e. The number of rotatable bonds is 6. The van der Waals surface area contributed by atoms with Crippen LogP contribution >= 0.6 is 15.9 Å². The Morgan fingerprint density at radius 1 is 1.54 bits per heavy atom. The summed E-state index contributed by atoms with van der Waals surface area (Å²) < 4.78 is 25.9. The molecule has 2 heterocycles. The minimum Gasteiger partial charge on any atom is -0.444 e. The van der Waals surface area contributed by atoms with Crippen LogP contribution in [0.1, 0.15) is 25.0 Å². The standard InChI is InChI=1S/C18H22BrFN4O2/c1-24(5-6-25-2)15-4-3-11(7-14(15)20)23-18-17(19)13-8-12(9-21)26-16(13)10-22-18/h8,10-11,14-15H,3-7H2,1-2H3,(H,22,23)/t11-,14?,15-/m1/s1. The molecule has 3 rings (SSSR count). The van der Waals surface area contributed by atoms with Crippen LogP contribution in [0.2, 0.25) is 0 Å². The molecule has 6 nitrogen and oxygen atoms in total. The summed E-state index contributed by atoms with van der Waals surface area (Å²) >= 11 is 3.52. The van der Waals surface area contributed by atoms with Crippen LogP contribution in [0.4, 0.5) is 10.2 Å². The van der Waals surface area contributed by atoms with Crippen molar-refractivity contribution in [2.24, 2.45) is 0 Å². The molecule has 2 aromatic heterocycles. The predicted octanol–water partition coefficient (Wildman–Crippen LogP) is 3.71. The number of halogens is 2. The van der Waals surface area contributed by atoms with Crippen molar-refractivity contribution in [3.05, 3.63) is 22.5 Å². The number of anilines is 1. The lowest BCUT2D eigenvalue weighted by Gasteiger charge is -2.37. The molecule has 1 aliphatic carbocycles. The fourth-order valence-corrected chi connectivity index (χ4v) is 3.98. The number of hydrogen-bond donors (Lipinski definition) is 1. The Hall–Kier alpha value is -1.69. The van der Waals surface area contributed by atoms with Gasteiger partial charge in [-0.15, -0.1) is 0 Å². The van der Waals surface area contributed by atoms with E-state index in [0.717, 1.165) is 29.2 Å². The van der Waals surface area contributed by atoms with Gasteiger partial charge in [0.25, 0.3) is 0 Å². The first kappa shape index (κ1) is 19.1. The summed E-state index contributed by atoms with van der Waals surface area (Å²) in [5, 5.41) is 13.1. The van der Waals surface area contributed by atoms with E-state index in [9.17, 15) is 4.39 Å². The Balaban J connectivity index is 1.66. The maximum atomic E-state index is 14.7.